The van der Waals surface area contributed by atoms with Gasteiger partial charge >= 0.3 is 0 Å². The number of pyridine rings is 2. The summed E-state index contributed by atoms with van der Waals surface area (Å²) in [5.41, 5.74) is 12.9. The Bertz CT molecular complexity index is 1490. The molecule has 7 nitrogen and oxygen atoms in total. The van der Waals surface area contributed by atoms with Gasteiger partial charge in [-0.05, 0) is 48.9 Å². The summed E-state index contributed by atoms with van der Waals surface area (Å²) in [7, 11) is 0. The minimum Gasteiger partial charge on any atom is -0.383 e. The van der Waals surface area contributed by atoms with Crippen LogP contribution < -0.4 is 11.1 Å². The van der Waals surface area contributed by atoms with Crippen LogP contribution in [0.15, 0.2) is 85.1 Å². The molecule has 2 aromatic carbocycles. The van der Waals surface area contributed by atoms with Crippen molar-refractivity contribution in [1.29, 1.82) is 0 Å². The first-order valence-corrected chi connectivity index (χ1v) is 14.4. The molecule has 3 aromatic heterocycles. The predicted molar refractivity (Wildman–Crippen MR) is 167 cm³/mol. The molecule has 0 amide bonds. The topological polar surface area (TPSA) is 84.9 Å². The summed E-state index contributed by atoms with van der Waals surface area (Å²) >= 11 is 0. The Kier molecular flexibility index (Phi) is 10.00. The van der Waals surface area contributed by atoms with Gasteiger partial charge in [0.05, 0.1) is 11.3 Å². The molecule has 0 aliphatic carbocycles. The molecule has 1 unspecified atom stereocenters. The molecule has 40 heavy (non-hydrogen) atoms. The second-order valence-corrected chi connectivity index (χ2v) is 9.37. The molecule has 0 bridgehead atoms. The summed E-state index contributed by atoms with van der Waals surface area (Å²) in [6.45, 7) is 14.3. The number of nitrogens with zero attached hydrogens (tertiary/aromatic N) is 5. The first-order valence-electron chi connectivity index (χ1n) is 14.4. The van der Waals surface area contributed by atoms with E-state index in [1.54, 1.807) is 6.20 Å². The maximum atomic E-state index is 6.29. The molecule has 1 fully saturated rings. The van der Waals surface area contributed by atoms with Gasteiger partial charge in [-0.3, -0.25) is 9.47 Å². The SMILES string of the molecule is CC.CC.CC1CN(Cc2ccc(-n3c(-c4cccnc4N)nc4ccc(-c5ccccc5)nc43)cc2)CCN1. The standard InChI is InChI=1S/C29H29N7.2C2H6/c1-20-18-35(17-16-31-20)19-21-9-11-23(12-10-21)36-28(24-8-5-15-32-27(24)30)34-26-14-13-25(33-29(26)36)22-6-3-2-4-7-22;2*1-2/h2-15,20,31H,16-19H2,1H3,(H2,30,32);2*1-2H3. The smallest absolute Gasteiger partial charge is 0.165 e. The fourth-order valence-corrected chi connectivity index (χ4v) is 4.92. The van der Waals surface area contributed by atoms with Crippen LogP contribution in [0.4, 0.5) is 5.82 Å². The molecule has 7 heteroatoms. The van der Waals surface area contributed by atoms with E-state index in [1.165, 1.54) is 5.56 Å². The summed E-state index contributed by atoms with van der Waals surface area (Å²) in [5, 5.41) is 3.51. The third kappa shape index (κ3) is 6.38. The van der Waals surface area contributed by atoms with Crippen molar-refractivity contribution in [3.63, 3.8) is 0 Å². The van der Waals surface area contributed by atoms with E-state index in [9.17, 15) is 0 Å². The van der Waals surface area contributed by atoms with E-state index in [1.807, 2.05) is 70.2 Å². The normalized spacial score (nSPS) is 15.1. The molecule has 6 rings (SSSR count). The van der Waals surface area contributed by atoms with Crippen molar-refractivity contribution in [2.24, 2.45) is 0 Å². The Hall–Kier alpha value is -4.07. The van der Waals surface area contributed by atoms with Gasteiger partial charge in [0.15, 0.2) is 11.5 Å². The number of aromatic nitrogens is 4. The van der Waals surface area contributed by atoms with Gasteiger partial charge in [0, 0.05) is 49.7 Å². The summed E-state index contributed by atoms with van der Waals surface area (Å²) < 4.78 is 2.09. The highest BCUT2D eigenvalue weighted by Crippen LogP contribution is 2.31. The molecule has 4 heterocycles. The van der Waals surface area contributed by atoms with Gasteiger partial charge in [0.2, 0.25) is 0 Å². The van der Waals surface area contributed by atoms with Crippen molar-refractivity contribution in [2.75, 3.05) is 25.4 Å². The van der Waals surface area contributed by atoms with E-state index in [0.29, 0.717) is 11.9 Å². The third-order valence-electron chi connectivity index (χ3n) is 6.71. The van der Waals surface area contributed by atoms with Gasteiger partial charge in [-0.1, -0.05) is 70.2 Å². The maximum Gasteiger partial charge on any atom is 0.165 e. The lowest BCUT2D eigenvalue weighted by molar-refractivity contribution is 0.199. The molecule has 0 saturated carbocycles. The molecule has 0 spiro atoms. The number of nitrogens with two attached hydrogens (primary N) is 1. The van der Waals surface area contributed by atoms with Crippen molar-refractivity contribution in [2.45, 2.75) is 47.2 Å². The molecular formula is C33H41N7. The van der Waals surface area contributed by atoms with Crippen LogP contribution >= 0.6 is 0 Å². The average Bonchev–Trinajstić information content (AvgIpc) is 3.39. The van der Waals surface area contributed by atoms with Crippen LogP contribution in [-0.2, 0) is 6.54 Å². The predicted octanol–water partition coefficient (Wildman–Crippen LogP) is 6.58. The van der Waals surface area contributed by atoms with Gasteiger partial charge in [-0.25, -0.2) is 15.0 Å². The van der Waals surface area contributed by atoms with E-state index in [2.05, 4.69) is 63.1 Å². The van der Waals surface area contributed by atoms with Crippen molar-refractivity contribution >= 4 is 17.0 Å². The number of rotatable bonds is 5. The van der Waals surface area contributed by atoms with Crippen molar-refractivity contribution in [3.8, 4) is 28.3 Å². The second kappa shape index (κ2) is 13.8. The number of imidazole rings is 1. The zero-order chi connectivity index (χ0) is 28.5. The van der Waals surface area contributed by atoms with E-state index >= 15 is 0 Å². The highest BCUT2D eigenvalue weighted by molar-refractivity contribution is 5.84. The van der Waals surface area contributed by atoms with Crippen LogP contribution in [0.1, 0.15) is 40.2 Å². The van der Waals surface area contributed by atoms with Crippen molar-refractivity contribution in [1.82, 2.24) is 29.7 Å². The number of piperazine rings is 1. The Balaban J connectivity index is 0.000000886. The van der Waals surface area contributed by atoms with Crippen LogP contribution in [0.25, 0.3) is 39.5 Å². The second-order valence-electron chi connectivity index (χ2n) is 9.37. The molecule has 1 aliphatic heterocycles. The molecule has 3 N–H and O–H groups in total. The Labute approximate surface area is 238 Å². The van der Waals surface area contributed by atoms with E-state index in [4.69, 9.17) is 15.7 Å². The maximum absolute atomic E-state index is 6.29. The lowest BCUT2D eigenvalue weighted by Crippen LogP contribution is -2.48. The fourth-order valence-electron chi connectivity index (χ4n) is 4.92. The van der Waals surface area contributed by atoms with E-state index in [-0.39, 0.29) is 0 Å². The number of anilines is 1. The molecule has 0 radical (unpaired) electrons. The number of hydrogen-bond donors (Lipinski definition) is 2. The van der Waals surface area contributed by atoms with Crippen LogP contribution in [0.3, 0.4) is 0 Å². The van der Waals surface area contributed by atoms with E-state index in [0.717, 1.165) is 65.7 Å². The van der Waals surface area contributed by atoms with Crippen molar-refractivity contribution in [3.05, 3.63) is 90.6 Å². The van der Waals surface area contributed by atoms with Gasteiger partial charge in [0.25, 0.3) is 0 Å². The molecular weight excluding hydrogens is 494 g/mol. The number of hydrogen-bond acceptors (Lipinski definition) is 6. The Morgan fingerprint density at radius 2 is 1.62 bits per heavy atom. The summed E-state index contributed by atoms with van der Waals surface area (Å²) in [4.78, 5) is 16.8. The minimum atomic E-state index is 0.446. The number of benzene rings is 2. The average molecular weight is 536 g/mol. The first kappa shape index (κ1) is 28.9. The number of nitrogens with one attached hydrogen (secondary N) is 1. The fraction of sp³-hybridized carbons (Fsp3) is 0.303. The lowest BCUT2D eigenvalue weighted by Gasteiger charge is -2.31. The van der Waals surface area contributed by atoms with Gasteiger partial charge in [-0.2, -0.15) is 0 Å². The third-order valence-corrected chi connectivity index (χ3v) is 6.71. The van der Waals surface area contributed by atoms with E-state index < -0.39 is 0 Å². The highest BCUT2D eigenvalue weighted by Gasteiger charge is 2.19. The largest absolute Gasteiger partial charge is 0.383 e. The zero-order valence-electron chi connectivity index (χ0n) is 24.3. The van der Waals surface area contributed by atoms with Crippen LogP contribution in [0.5, 0.6) is 0 Å². The quantitative estimate of drug-likeness (QED) is 0.265. The molecule has 1 saturated heterocycles. The van der Waals surface area contributed by atoms with Gasteiger partial charge in [-0.15, -0.1) is 0 Å². The molecule has 1 aliphatic rings. The number of nitrogen functional groups attached to an aromatic ring is 1. The Morgan fingerprint density at radius 3 is 2.33 bits per heavy atom. The monoisotopic (exact) mass is 535 g/mol. The summed E-state index contributed by atoms with van der Waals surface area (Å²) in [5.74, 6) is 1.18. The molecule has 5 aromatic rings. The van der Waals surface area contributed by atoms with Crippen LogP contribution in [0.2, 0.25) is 0 Å². The Morgan fingerprint density at radius 1 is 0.875 bits per heavy atom. The molecule has 208 valence electrons. The highest BCUT2D eigenvalue weighted by atomic mass is 15.2. The summed E-state index contributed by atoms with van der Waals surface area (Å²) in [6, 6.07) is 27.3. The van der Waals surface area contributed by atoms with Gasteiger partial charge < -0.3 is 11.1 Å². The number of fused-ring (bicyclic) bond motifs is 1. The first-order chi connectivity index (χ1) is 19.7. The molecule has 1 atom stereocenters. The van der Waals surface area contributed by atoms with Gasteiger partial charge in [0.1, 0.15) is 11.3 Å². The summed E-state index contributed by atoms with van der Waals surface area (Å²) in [6.07, 6.45) is 1.70. The zero-order valence-corrected chi connectivity index (χ0v) is 24.3. The van der Waals surface area contributed by atoms with Crippen LogP contribution in [-0.4, -0.2) is 50.1 Å². The minimum absolute atomic E-state index is 0.446. The lowest BCUT2D eigenvalue weighted by atomic mass is 10.1. The van der Waals surface area contributed by atoms with Crippen molar-refractivity contribution < 1.29 is 0 Å². The van der Waals surface area contributed by atoms with Crippen LogP contribution in [0, 0.1) is 0 Å².